The van der Waals surface area contributed by atoms with Crippen molar-refractivity contribution < 1.29 is 4.39 Å². The molecular weight excluding hydrogens is 422 g/mol. The molecule has 2 aromatic rings. The third-order valence-electron chi connectivity index (χ3n) is 3.44. The lowest BCUT2D eigenvalue weighted by Gasteiger charge is -2.22. The van der Waals surface area contributed by atoms with E-state index in [1.54, 1.807) is 18.5 Å². The van der Waals surface area contributed by atoms with Crippen LogP contribution in [0.3, 0.4) is 0 Å². The molecule has 0 atom stereocenters. The van der Waals surface area contributed by atoms with Gasteiger partial charge in [-0.25, -0.2) is 9.38 Å². The fraction of sp³-hybridized carbons (Fsp3) is 0.438. The van der Waals surface area contributed by atoms with Gasteiger partial charge < -0.3 is 14.8 Å². The van der Waals surface area contributed by atoms with Gasteiger partial charge in [-0.05, 0) is 31.5 Å². The molecule has 1 aromatic carbocycles. The standard InChI is InChI=1S/C16H23FN6.HI/c1-4-18-16(19-10-15-21-20-12-23(15)5-2)22(3)11-13-6-8-14(17)9-7-13;/h6-9,12H,4-5,10-11H2,1-3H3,(H,18,19);1H. The molecular formula is C16H24FIN6. The Morgan fingerprint density at radius 3 is 2.62 bits per heavy atom. The summed E-state index contributed by atoms with van der Waals surface area (Å²) in [6.45, 7) is 6.77. The number of rotatable bonds is 6. The molecule has 0 fully saturated rings. The zero-order valence-electron chi connectivity index (χ0n) is 14.2. The van der Waals surface area contributed by atoms with Crippen LogP contribution in [0.15, 0.2) is 35.6 Å². The van der Waals surface area contributed by atoms with E-state index in [0.717, 1.165) is 30.4 Å². The minimum atomic E-state index is -0.226. The molecule has 1 N–H and O–H groups in total. The average molecular weight is 446 g/mol. The van der Waals surface area contributed by atoms with Crippen LogP contribution < -0.4 is 5.32 Å². The Labute approximate surface area is 159 Å². The van der Waals surface area contributed by atoms with Gasteiger partial charge in [-0.15, -0.1) is 34.2 Å². The second-order valence-electron chi connectivity index (χ2n) is 5.19. The first-order chi connectivity index (χ1) is 11.1. The van der Waals surface area contributed by atoms with Gasteiger partial charge in [0.25, 0.3) is 0 Å². The second kappa shape index (κ2) is 10.2. The van der Waals surface area contributed by atoms with Crippen LogP contribution >= 0.6 is 24.0 Å². The number of guanidine groups is 1. The summed E-state index contributed by atoms with van der Waals surface area (Å²) in [4.78, 5) is 6.62. The van der Waals surface area contributed by atoms with E-state index in [2.05, 4.69) is 20.5 Å². The Hall–Kier alpha value is -1.71. The lowest BCUT2D eigenvalue weighted by molar-refractivity contribution is 0.475. The van der Waals surface area contributed by atoms with E-state index in [1.807, 2.05) is 30.4 Å². The van der Waals surface area contributed by atoms with Crippen LogP contribution in [0, 0.1) is 5.82 Å². The summed E-state index contributed by atoms with van der Waals surface area (Å²) in [7, 11) is 1.95. The molecule has 8 heteroatoms. The summed E-state index contributed by atoms with van der Waals surface area (Å²) >= 11 is 0. The molecule has 24 heavy (non-hydrogen) atoms. The van der Waals surface area contributed by atoms with Crippen LogP contribution in [-0.4, -0.2) is 39.2 Å². The maximum Gasteiger partial charge on any atom is 0.194 e. The Balaban J connectivity index is 0.00000288. The van der Waals surface area contributed by atoms with Gasteiger partial charge in [0.15, 0.2) is 11.8 Å². The van der Waals surface area contributed by atoms with Crippen molar-refractivity contribution in [3.63, 3.8) is 0 Å². The van der Waals surface area contributed by atoms with Crippen LogP contribution in [0.5, 0.6) is 0 Å². The summed E-state index contributed by atoms with van der Waals surface area (Å²) < 4.78 is 15.0. The van der Waals surface area contributed by atoms with E-state index in [4.69, 9.17) is 0 Å². The van der Waals surface area contributed by atoms with E-state index < -0.39 is 0 Å². The monoisotopic (exact) mass is 446 g/mol. The Bertz CT molecular complexity index is 640. The number of halogens is 2. The van der Waals surface area contributed by atoms with E-state index in [0.29, 0.717) is 13.1 Å². The third kappa shape index (κ3) is 5.73. The summed E-state index contributed by atoms with van der Waals surface area (Å²) in [5.41, 5.74) is 1.02. The van der Waals surface area contributed by atoms with Crippen molar-refractivity contribution in [3.8, 4) is 0 Å². The zero-order valence-corrected chi connectivity index (χ0v) is 16.6. The van der Waals surface area contributed by atoms with Crippen molar-refractivity contribution in [1.29, 1.82) is 0 Å². The summed E-state index contributed by atoms with van der Waals surface area (Å²) in [5.74, 6) is 1.39. The van der Waals surface area contributed by atoms with E-state index in [-0.39, 0.29) is 29.8 Å². The van der Waals surface area contributed by atoms with E-state index >= 15 is 0 Å². The zero-order chi connectivity index (χ0) is 16.7. The molecule has 132 valence electrons. The summed E-state index contributed by atoms with van der Waals surface area (Å²) in [6.07, 6.45) is 1.71. The molecule has 0 unspecified atom stereocenters. The first kappa shape index (κ1) is 20.3. The molecule has 0 aliphatic carbocycles. The minimum Gasteiger partial charge on any atom is -0.357 e. The van der Waals surface area contributed by atoms with Gasteiger partial charge in [0, 0.05) is 26.7 Å². The highest BCUT2D eigenvalue weighted by molar-refractivity contribution is 14.0. The topological polar surface area (TPSA) is 58.3 Å². The van der Waals surface area contributed by atoms with Crippen molar-refractivity contribution >= 4 is 29.9 Å². The van der Waals surface area contributed by atoms with E-state index in [9.17, 15) is 4.39 Å². The van der Waals surface area contributed by atoms with Crippen molar-refractivity contribution in [2.24, 2.45) is 4.99 Å². The van der Waals surface area contributed by atoms with Gasteiger partial charge in [-0.2, -0.15) is 0 Å². The number of aliphatic imine (C=N–C) groups is 1. The molecule has 1 heterocycles. The second-order valence-corrected chi connectivity index (χ2v) is 5.19. The number of aromatic nitrogens is 3. The Morgan fingerprint density at radius 2 is 2.00 bits per heavy atom. The molecule has 0 saturated heterocycles. The molecule has 0 amide bonds. The average Bonchev–Trinajstić information content (AvgIpc) is 3.01. The predicted molar refractivity (Wildman–Crippen MR) is 104 cm³/mol. The highest BCUT2D eigenvalue weighted by atomic mass is 127. The number of nitrogens with one attached hydrogen (secondary N) is 1. The quantitative estimate of drug-likeness (QED) is 0.421. The number of benzene rings is 1. The van der Waals surface area contributed by atoms with Gasteiger partial charge in [0.2, 0.25) is 0 Å². The van der Waals surface area contributed by atoms with Crippen LogP contribution in [0.1, 0.15) is 25.2 Å². The smallest absolute Gasteiger partial charge is 0.194 e. The van der Waals surface area contributed by atoms with Crippen LogP contribution in [-0.2, 0) is 19.6 Å². The molecule has 0 bridgehead atoms. The van der Waals surface area contributed by atoms with Gasteiger partial charge in [0.05, 0.1) is 0 Å². The Kier molecular flexibility index (Phi) is 8.66. The van der Waals surface area contributed by atoms with Crippen LogP contribution in [0.4, 0.5) is 4.39 Å². The van der Waals surface area contributed by atoms with Crippen LogP contribution in [0.25, 0.3) is 0 Å². The number of aryl methyl sites for hydroxylation is 1. The molecule has 0 aliphatic heterocycles. The highest BCUT2D eigenvalue weighted by Gasteiger charge is 2.08. The molecule has 0 radical (unpaired) electrons. The predicted octanol–water partition coefficient (Wildman–Crippen LogP) is 2.65. The van der Waals surface area contributed by atoms with Gasteiger partial charge in [0.1, 0.15) is 18.7 Å². The summed E-state index contributed by atoms with van der Waals surface area (Å²) in [5, 5.41) is 11.3. The first-order valence-electron chi connectivity index (χ1n) is 7.74. The Morgan fingerprint density at radius 1 is 1.29 bits per heavy atom. The fourth-order valence-electron chi connectivity index (χ4n) is 2.22. The van der Waals surface area contributed by atoms with Crippen LogP contribution in [0.2, 0.25) is 0 Å². The SMILES string of the molecule is CCNC(=NCc1nncn1CC)N(C)Cc1ccc(F)cc1.I. The van der Waals surface area contributed by atoms with Gasteiger partial charge in [-0.3, -0.25) is 0 Å². The molecule has 0 saturated carbocycles. The summed E-state index contributed by atoms with van der Waals surface area (Å²) in [6, 6.07) is 6.50. The van der Waals surface area contributed by atoms with Crippen molar-refractivity contribution in [2.75, 3.05) is 13.6 Å². The molecule has 0 aliphatic rings. The van der Waals surface area contributed by atoms with Crippen molar-refractivity contribution in [1.82, 2.24) is 25.0 Å². The maximum absolute atomic E-state index is 13.0. The molecule has 6 nitrogen and oxygen atoms in total. The van der Waals surface area contributed by atoms with Crippen molar-refractivity contribution in [3.05, 3.63) is 47.8 Å². The van der Waals surface area contributed by atoms with Crippen molar-refractivity contribution in [2.45, 2.75) is 33.5 Å². The van der Waals surface area contributed by atoms with E-state index in [1.165, 1.54) is 12.1 Å². The molecule has 1 aromatic heterocycles. The highest BCUT2D eigenvalue weighted by Crippen LogP contribution is 2.06. The van der Waals surface area contributed by atoms with Gasteiger partial charge in [-0.1, -0.05) is 12.1 Å². The lowest BCUT2D eigenvalue weighted by atomic mass is 10.2. The number of hydrogen-bond donors (Lipinski definition) is 1. The van der Waals surface area contributed by atoms with Gasteiger partial charge >= 0.3 is 0 Å². The largest absolute Gasteiger partial charge is 0.357 e. The fourth-order valence-corrected chi connectivity index (χ4v) is 2.22. The minimum absolute atomic E-state index is 0. The first-order valence-corrected chi connectivity index (χ1v) is 7.74. The lowest BCUT2D eigenvalue weighted by Crippen LogP contribution is -2.38. The number of hydrogen-bond acceptors (Lipinski definition) is 3. The molecule has 2 rings (SSSR count). The maximum atomic E-state index is 13.0. The number of nitrogens with zero attached hydrogens (tertiary/aromatic N) is 5. The normalized spacial score (nSPS) is 11.1. The molecule has 0 spiro atoms. The third-order valence-corrected chi connectivity index (χ3v) is 3.44.